The second kappa shape index (κ2) is 16.4. The molecule has 3 aromatic rings. The van der Waals surface area contributed by atoms with Crippen molar-refractivity contribution in [3.63, 3.8) is 0 Å². The number of hydrogen-bond donors (Lipinski definition) is 4. The number of guanidine groups is 1. The molecule has 0 aliphatic carbocycles. The van der Waals surface area contributed by atoms with Crippen LogP contribution >= 0.6 is 0 Å². The fourth-order valence-corrected chi connectivity index (χ4v) is 4.73. The molecule has 10 nitrogen and oxygen atoms in total. The van der Waals surface area contributed by atoms with Crippen molar-refractivity contribution in [1.82, 2.24) is 10.2 Å². The highest BCUT2D eigenvalue weighted by Gasteiger charge is 2.34. The zero-order valence-corrected chi connectivity index (χ0v) is 23.9. The fourth-order valence-electron chi connectivity index (χ4n) is 4.73. The maximum Gasteiger partial charge on any atom is 0.407 e. The molecular weight excluding hydrogens is 532 g/mol. The number of primary amides is 1. The lowest BCUT2D eigenvalue weighted by atomic mass is 9.89. The second-order valence-corrected chi connectivity index (χ2v) is 9.79. The van der Waals surface area contributed by atoms with Gasteiger partial charge in [-0.15, -0.1) is 0 Å². The third-order valence-electron chi connectivity index (χ3n) is 6.81. The Balaban J connectivity index is 1.87. The summed E-state index contributed by atoms with van der Waals surface area (Å²) in [6.07, 6.45) is 0.802. The molecule has 0 aliphatic heterocycles. The average molecular weight is 573 g/mol. The number of amides is 3. The Kier molecular flexibility index (Phi) is 12.4. The standard InChI is InChI=1S/C32H40N6O4/c1-2-42-32(41)37-22-24-17-15-23(16-18-24)19-21-38(27(29(33)39)14-9-20-36-31(34)35)30(40)28(25-10-5-3-6-11-25)26-12-7-4-8-13-26/h3-8,10-13,15-18,27-28H,2,9,14,19-22H2,1H3,(H2,33,39)(H,37,41)(H4,34,35,36)/t27-/m1/s1. The molecule has 42 heavy (non-hydrogen) atoms. The van der Waals surface area contributed by atoms with Crippen molar-refractivity contribution in [2.75, 3.05) is 19.7 Å². The molecule has 7 N–H and O–H groups in total. The van der Waals surface area contributed by atoms with Gasteiger partial charge >= 0.3 is 6.09 Å². The number of rotatable bonds is 15. The summed E-state index contributed by atoms with van der Waals surface area (Å²) in [7, 11) is 0. The molecule has 0 saturated carbocycles. The lowest BCUT2D eigenvalue weighted by Crippen LogP contribution is -2.50. The van der Waals surface area contributed by atoms with E-state index in [-0.39, 0.29) is 18.4 Å². The van der Waals surface area contributed by atoms with Crippen LogP contribution in [0.15, 0.2) is 89.9 Å². The number of nitrogens with two attached hydrogens (primary N) is 3. The molecule has 3 amide bonds. The Morgan fingerprint density at radius 2 is 1.43 bits per heavy atom. The average Bonchev–Trinajstić information content (AvgIpc) is 2.99. The fraction of sp³-hybridized carbons (Fsp3) is 0.312. The molecule has 0 saturated heterocycles. The number of carbonyl (C=O) groups excluding carboxylic acids is 3. The smallest absolute Gasteiger partial charge is 0.407 e. The van der Waals surface area contributed by atoms with E-state index in [0.29, 0.717) is 39.0 Å². The van der Waals surface area contributed by atoms with Gasteiger partial charge in [-0.05, 0) is 48.4 Å². The van der Waals surface area contributed by atoms with Gasteiger partial charge < -0.3 is 32.2 Å². The predicted molar refractivity (Wildman–Crippen MR) is 163 cm³/mol. The minimum atomic E-state index is -0.852. The Morgan fingerprint density at radius 3 is 1.95 bits per heavy atom. The molecule has 0 radical (unpaired) electrons. The Hall–Kier alpha value is -4.86. The molecule has 0 heterocycles. The third-order valence-corrected chi connectivity index (χ3v) is 6.81. The Bertz CT molecular complexity index is 1270. The number of benzene rings is 3. The number of nitrogens with one attached hydrogen (secondary N) is 1. The predicted octanol–water partition coefficient (Wildman–Crippen LogP) is 3.04. The molecule has 10 heteroatoms. The topological polar surface area (TPSA) is 166 Å². The summed E-state index contributed by atoms with van der Waals surface area (Å²) >= 11 is 0. The maximum absolute atomic E-state index is 14.4. The van der Waals surface area contributed by atoms with Gasteiger partial charge in [0.25, 0.3) is 0 Å². The summed E-state index contributed by atoms with van der Waals surface area (Å²) in [5, 5.41) is 2.70. The normalized spacial score (nSPS) is 11.4. The van der Waals surface area contributed by atoms with Gasteiger partial charge in [-0.3, -0.25) is 14.6 Å². The van der Waals surface area contributed by atoms with Crippen LogP contribution in [-0.4, -0.2) is 54.5 Å². The lowest BCUT2D eigenvalue weighted by molar-refractivity contribution is -0.140. The Morgan fingerprint density at radius 1 is 0.857 bits per heavy atom. The summed E-state index contributed by atoms with van der Waals surface area (Å²) in [6.45, 7) is 2.97. The molecule has 3 aromatic carbocycles. The van der Waals surface area contributed by atoms with E-state index in [4.69, 9.17) is 21.9 Å². The largest absolute Gasteiger partial charge is 0.450 e. The number of ether oxygens (including phenoxy) is 1. The second-order valence-electron chi connectivity index (χ2n) is 9.79. The van der Waals surface area contributed by atoms with Crippen LogP contribution in [0, 0.1) is 0 Å². The molecule has 222 valence electrons. The van der Waals surface area contributed by atoms with E-state index >= 15 is 0 Å². The van der Waals surface area contributed by atoms with Crippen LogP contribution < -0.4 is 22.5 Å². The monoisotopic (exact) mass is 572 g/mol. The van der Waals surface area contributed by atoms with Gasteiger partial charge in [-0.1, -0.05) is 84.9 Å². The first kappa shape index (κ1) is 31.7. The summed E-state index contributed by atoms with van der Waals surface area (Å²) in [5.41, 5.74) is 20.3. The van der Waals surface area contributed by atoms with E-state index in [1.807, 2.05) is 84.9 Å². The lowest BCUT2D eigenvalue weighted by Gasteiger charge is -2.33. The van der Waals surface area contributed by atoms with Crippen LogP contribution in [0.2, 0.25) is 0 Å². The van der Waals surface area contributed by atoms with Crippen LogP contribution in [0.1, 0.15) is 47.9 Å². The van der Waals surface area contributed by atoms with E-state index < -0.39 is 24.0 Å². The first-order valence-electron chi connectivity index (χ1n) is 14.0. The highest BCUT2D eigenvalue weighted by atomic mass is 16.5. The molecule has 0 aliphatic rings. The van der Waals surface area contributed by atoms with Crippen molar-refractivity contribution in [3.05, 3.63) is 107 Å². The molecule has 0 bridgehead atoms. The Labute approximate surface area is 246 Å². The zero-order valence-electron chi connectivity index (χ0n) is 23.9. The van der Waals surface area contributed by atoms with Crippen LogP contribution in [0.3, 0.4) is 0 Å². The summed E-state index contributed by atoms with van der Waals surface area (Å²) in [5.74, 6) is -1.46. The van der Waals surface area contributed by atoms with Gasteiger partial charge in [0.15, 0.2) is 5.96 Å². The number of carbonyl (C=O) groups is 3. The highest BCUT2D eigenvalue weighted by Crippen LogP contribution is 2.28. The maximum atomic E-state index is 14.4. The van der Waals surface area contributed by atoms with Crippen molar-refractivity contribution in [2.24, 2.45) is 22.2 Å². The van der Waals surface area contributed by atoms with Gasteiger partial charge in [0.2, 0.25) is 11.8 Å². The quantitative estimate of drug-likeness (QED) is 0.124. The van der Waals surface area contributed by atoms with Crippen molar-refractivity contribution >= 4 is 23.9 Å². The number of nitrogens with zero attached hydrogens (tertiary/aromatic N) is 2. The van der Waals surface area contributed by atoms with Crippen LogP contribution in [0.5, 0.6) is 0 Å². The van der Waals surface area contributed by atoms with Gasteiger partial charge in [0, 0.05) is 19.6 Å². The molecule has 0 spiro atoms. The van der Waals surface area contributed by atoms with E-state index in [9.17, 15) is 14.4 Å². The van der Waals surface area contributed by atoms with E-state index in [0.717, 1.165) is 22.3 Å². The highest BCUT2D eigenvalue weighted by molar-refractivity contribution is 5.92. The SMILES string of the molecule is CCOC(=O)NCc1ccc(CCN(C(=O)C(c2ccccc2)c2ccccc2)[C@H](CCCN=C(N)N)C(N)=O)cc1. The van der Waals surface area contributed by atoms with E-state index in [1.165, 1.54) is 0 Å². The third kappa shape index (κ3) is 9.65. The first-order chi connectivity index (χ1) is 20.3. The van der Waals surface area contributed by atoms with Crippen LogP contribution in [0.4, 0.5) is 4.79 Å². The van der Waals surface area contributed by atoms with Crippen molar-refractivity contribution in [3.8, 4) is 0 Å². The van der Waals surface area contributed by atoms with Crippen LogP contribution in [-0.2, 0) is 27.3 Å². The summed E-state index contributed by atoms with van der Waals surface area (Å²) in [6, 6.07) is 25.8. The zero-order chi connectivity index (χ0) is 30.3. The number of aliphatic imine (C=N–C) groups is 1. The molecule has 0 aromatic heterocycles. The van der Waals surface area contributed by atoms with Crippen molar-refractivity contribution in [1.29, 1.82) is 0 Å². The molecule has 1 atom stereocenters. The molecule has 3 rings (SSSR count). The minimum absolute atomic E-state index is 0.0346. The van der Waals surface area contributed by atoms with Gasteiger partial charge in [0.1, 0.15) is 6.04 Å². The number of alkyl carbamates (subject to hydrolysis) is 1. The molecule has 0 unspecified atom stereocenters. The van der Waals surface area contributed by atoms with Crippen molar-refractivity contribution in [2.45, 2.75) is 44.7 Å². The molecule has 0 fully saturated rings. The minimum Gasteiger partial charge on any atom is -0.450 e. The molecular formula is C32H40N6O4. The number of hydrogen-bond acceptors (Lipinski definition) is 5. The van der Waals surface area contributed by atoms with Crippen molar-refractivity contribution < 1.29 is 19.1 Å². The first-order valence-corrected chi connectivity index (χ1v) is 14.0. The van der Waals surface area contributed by atoms with Gasteiger partial charge in [-0.2, -0.15) is 0 Å². The summed E-state index contributed by atoms with van der Waals surface area (Å²) in [4.78, 5) is 44.4. The summed E-state index contributed by atoms with van der Waals surface area (Å²) < 4.78 is 4.90. The van der Waals surface area contributed by atoms with E-state index in [1.54, 1.807) is 11.8 Å². The van der Waals surface area contributed by atoms with E-state index in [2.05, 4.69) is 10.3 Å². The van der Waals surface area contributed by atoms with Gasteiger partial charge in [-0.25, -0.2) is 4.79 Å². The van der Waals surface area contributed by atoms with Crippen LogP contribution in [0.25, 0.3) is 0 Å². The van der Waals surface area contributed by atoms with Gasteiger partial charge in [0.05, 0.1) is 12.5 Å².